The molecular weight excluding hydrogens is 226 g/mol. The van der Waals surface area contributed by atoms with E-state index in [9.17, 15) is 9.59 Å². The number of amides is 2. The minimum Gasteiger partial charge on any atom is -0.449 e. The van der Waals surface area contributed by atoms with Crippen molar-refractivity contribution in [3.8, 4) is 0 Å². The minimum absolute atomic E-state index is 0.281. The summed E-state index contributed by atoms with van der Waals surface area (Å²) in [5.74, 6) is 0. The van der Waals surface area contributed by atoms with Crippen LogP contribution in [0.15, 0.2) is 30.3 Å². The number of para-hydroxylation sites is 1. The van der Waals surface area contributed by atoms with Crippen LogP contribution in [0.3, 0.4) is 0 Å². The molecule has 0 N–H and O–H groups in total. The van der Waals surface area contributed by atoms with Crippen LogP contribution in [0.1, 0.15) is 13.3 Å². The normalized spacial score (nSPS) is 9.62. The van der Waals surface area contributed by atoms with E-state index < -0.39 is 11.3 Å². The minimum atomic E-state index is -0.701. The molecule has 0 aromatic heterocycles. The van der Waals surface area contributed by atoms with Gasteiger partial charge in [0.25, 0.3) is 5.24 Å². The zero-order valence-electron chi connectivity index (χ0n) is 8.92. The lowest BCUT2D eigenvalue weighted by atomic mass is 10.3. The van der Waals surface area contributed by atoms with Crippen LogP contribution < -0.4 is 4.90 Å². The molecule has 0 fully saturated rings. The highest BCUT2D eigenvalue weighted by Crippen LogP contribution is 2.16. The van der Waals surface area contributed by atoms with Crippen molar-refractivity contribution in [2.45, 2.75) is 13.3 Å². The van der Waals surface area contributed by atoms with Gasteiger partial charge in [-0.05, 0) is 18.6 Å². The molecule has 16 heavy (non-hydrogen) atoms. The van der Waals surface area contributed by atoms with Crippen LogP contribution in [0.2, 0.25) is 0 Å². The molecule has 1 aromatic carbocycles. The third-order valence-corrected chi connectivity index (χ3v) is 2.02. The highest BCUT2D eigenvalue weighted by molar-refractivity contribution is 7.97. The Hall–Kier alpha value is -1.49. The molecule has 0 aliphatic carbocycles. The number of anilines is 1. The van der Waals surface area contributed by atoms with Gasteiger partial charge in [-0.25, -0.2) is 9.69 Å². The zero-order chi connectivity index (χ0) is 12.0. The maximum absolute atomic E-state index is 11.6. The largest absolute Gasteiger partial charge is 0.449 e. The maximum atomic E-state index is 11.6. The van der Waals surface area contributed by atoms with E-state index in [1.807, 2.05) is 6.92 Å². The van der Waals surface area contributed by atoms with Crippen molar-refractivity contribution in [2.24, 2.45) is 0 Å². The highest BCUT2D eigenvalue weighted by Gasteiger charge is 2.21. The average Bonchev–Trinajstić information content (AvgIpc) is 2.27. The number of ether oxygens (including phenoxy) is 1. The first-order valence-corrected chi connectivity index (χ1v) is 5.36. The van der Waals surface area contributed by atoms with Crippen LogP contribution in [0, 0.1) is 0 Å². The van der Waals surface area contributed by atoms with E-state index in [2.05, 4.69) is 12.6 Å². The number of carbonyl (C=O) groups is 2. The molecule has 0 heterocycles. The second-order valence-electron chi connectivity index (χ2n) is 3.07. The Balaban J connectivity index is 2.84. The smallest absolute Gasteiger partial charge is 0.421 e. The van der Waals surface area contributed by atoms with Crippen molar-refractivity contribution >= 4 is 29.6 Å². The van der Waals surface area contributed by atoms with E-state index in [-0.39, 0.29) is 6.61 Å². The lowest BCUT2D eigenvalue weighted by Crippen LogP contribution is -2.33. The van der Waals surface area contributed by atoms with Gasteiger partial charge in [-0.15, -0.1) is 0 Å². The summed E-state index contributed by atoms with van der Waals surface area (Å²) >= 11 is 3.65. The van der Waals surface area contributed by atoms with Gasteiger partial charge in [0, 0.05) is 0 Å². The third-order valence-electron chi connectivity index (χ3n) is 1.82. The number of carbonyl (C=O) groups excluding carboxylic acids is 2. The van der Waals surface area contributed by atoms with Gasteiger partial charge in [0.2, 0.25) is 0 Å². The van der Waals surface area contributed by atoms with Crippen molar-refractivity contribution in [1.82, 2.24) is 0 Å². The number of hydrogen-bond donors (Lipinski definition) is 1. The fourth-order valence-corrected chi connectivity index (χ4v) is 1.32. The first kappa shape index (κ1) is 12.6. The number of benzene rings is 1. The lowest BCUT2D eigenvalue weighted by Gasteiger charge is -2.17. The topological polar surface area (TPSA) is 46.6 Å². The van der Waals surface area contributed by atoms with Gasteiger partial charge < -0.3 is 4.74 Å². The summed E-state index contributed by atoms with van der Waals surface area (Å²) in [4.78, 5) is 23.7. The van der Waals surface area contributed by atoms with E-state index in [4.69, 9.17) is 4.74 Å². The summed E-state index contributed by atoms with van der Waals surface area (Å²) in [6.45, 7) is 2.16. The average molecular weight is 239 g/mol. The van der Waals surface area contributed by atoms with Crippen molar-refractivity contribution in [3.63, 3.8) is 0 Å². The second-order valence-corrected chi connectivity index (χ2v) is 3.45. The second kappa shape index (κ2) is 6.17. The van der Waals surface area contributed by atoms with E-state index >= 15 is 0 Å². The fraction of sp³-hybridized carbons (Fsp3) is 0.273. The molecular formula is C11H13NO3S. The van der Waals surface area contributed by atoms with Crippen LogP contribution >= 0.6 is 12.6 Å². The Morgan fingerprint density at radius 3 is 2.44 bits per heavy atom. The Kier molecular flexibility index (Phi) is 4.85. The van der Waals surface area contributed by atoms with Gasteiger partial charge in [0.05, 0.1) is 12.3 Å². The van der Waals surface area contributed by atoms with Gasteiger partial charge in [-0.3, -0.25) is 4.79 Å². The molecule has 4 nitrogen and oxygen atoms in total. The molecule has 5 heteroatoms. The Labute approximate surface area is 99.6 Å². The predicted molar refractivity (Wildman–Crippen MR) is 64.9 cm³/mol. The van der Waals surface area contributed by atoms with Crippen molar-refractivity contribution in [2.75, 3.05) is 11.5 Å². The Morgan fingerprint density at radius 2 is 1.94 bits per heavy atom. The van der Waals surface area contributed by atoms with Crippen LogP contribution in [0.4, 0.5) is 15.3 Å². The molecule has 1 aromatic rings. The predicted octanol–water partition coefficient (Wildman–Crippen LogP) is 3.09. The summed E-state index contributed by atoms with van der Waals surface area (Å²) in [7, 11) is 0. The van der Waals surface area contributed by atoms with Gasteiger partial charge in [0.15, 0.2) is 0 Å². The first-order chi connectivity index (χ1) is 7.66. The quantitative estimate of drug-likeness (QED) is 0.824. The molecule has 0 spiro atoms. The fourth-order valence-electron chi connectivity index (χ4n) is 1.12. The monoisotopic (exact) mass is 239 g/mol. The summed E-state index contributed by atoms with van der Waals surface area (Å²) < 4.78 is 4.89. The van der Waals surface area contributed by atoms with E-state index in [0.717, 1.165) is 4.90 Å². The molecule has 2 amide bonds. The standard InChI is InChI=1S/C11H13NO3S/c1-2-8-15-10(13)12(11(14)16)9-6-4-3-5-7-9/h3-7H,2,8H2,1H3,(H,14,16). The van der Waals surface area contributed by atoms with Crippen LogP contribution in [-0.2, 0) is 4.74 Å². The molecule has 0 aliphatic heterocycles. The molecule has 0 radical (unpaired) electrons. The lowest BCUT2D eigenvalue weighted by molar-refractivity contribution is 0.155. The van der Waals surface area contributed by atoms with Gasteiger partial charge in [0.1, 0.15) is 0 Å². The number of thiol groups is 1. The third kappa shape index (κ3) is 3.27. The zero-order valence-corrected chi connectivity index (χ0v) is 9.81. The van der Waals surface area contributed by atoms with E-state index in [1.165, 1.54) is 0 Å². The van der Waals surface area contributed by atoms with Gasteiger partial charge >= 0.3 is 6.09 Å². The highest BCUT2D eigenvalue weighted by atomic mass is 32.1. The van der Waals surface area contributed by atoms with E-state index in [0.29, 0.717) is 12.1 Å². The van der Waals surface area contributed by atoms with Crippen molar-refractivity contribution in [3.05, 3.63) is 30.3 Å². The number of rotatable bonds is 3. The number of imide groups is 1. The van der Waals surface area contributed by atoms with E-state index in [1.54, 1.807) is 30.3 Å². The van der Waals surface area contributed by atoms with Crippen molar-refractivity contribution in [1.29, 1.82) is 0 Å². The summed E-state index contributed by atoms with van der Waals surface area (Å²) in [6, 6.07) is 8.53. The molecule has 0 atom stereocenters. The number of hydrogen-bond acceptors (Lipinski definition) is 3. The molecule has 0 saturated heterocycles. The summed E-state index contributed by atoms with van der Waals surface area (Å²) in [5.41, 5.74) is 0.448. The van der Waals surface area contributed by atoms with Gasteiger partial charge in [-0.1, -0.05) is 37.8 Å². The Bertz CT molecular complexity index is 367. The molecule has 1 rings (SSSR count). The van der Waals surface area contributed by atoms with Gasteiger partial charge in [-0.2, -0.15) is 0 Å². The van der Waals surface area contributed by atoms with Crippen LogP contribution in [0.5, 0.6) is 0 Å². The SMILES string of the molecule is CCCOC(=O)N(C(=O)S)c1ccccc1. The summed E-state index contributed by atoms with van der Waals surface area (Å²) in [6.07, 6.45) is 0.00262. The number of nitrogens with zero attached hydrogens (tertiary/aromatic N) is 1. The Morgan fingerprint density at radius 1 is 1.31 bits per heavy atom. The summed E-state index contributed by atoms with van der Waals surface area (Å²) in [5, 5.41) is -0.660. The molecule has 86 valence electrons. The van der Waals surface area contributed by atoms with Crippen LogP contribution in [-0.4, -0.2) is 17.9 Å². The molecule has 0 aliphatic rings. The first-order valence-electron chi connectivity index (χ1n) is 4.91. The molecule has 0 bridgehead atoms. The van der Waals surface area contributed by atoms with Crippen molar-refractivity contribution < 1.29 is 14.3 Å². The maximum Gasteiger partial charge on any atom is 0.421 e. The molecule has 0 unspecified atom stereocenters. The molecule has 0 saturated carbocycles. The van der Waals surface area contributed by atoms with Crippen LogP contribution in [0.25, 0.3) is 0 Å².